The number of carbonyl (C=O) groups is 2. The van der Waals surface area contributed by atoms with Gasteiger partial charge in [0.1, 0.15) is 5.92 Å². The molecule has 0 amide bonds. The summed E-state index contributed by atoms with van der Waals surface area (Å²) in [6, 6.07) is 0.0381. The molecule has 2 bridgehead atoms. The summed E-state index contributed by atoms with van der Waals surface area (Å²) in [6.45, 7) is -0.186. The Kier molecular flexibility index (Phi) is 2.99. The minimum Gasteiger partial charge on any atom is -0.468 e. The summed E-state index contributed by atoms with van der Waals surface area (Å²) in [6.07, 6.45) is 1.69. The molecule has 16 heavy (non-hydrogen) atoms. The second-order valence-corrected chi connectivity index (χ2v) is 4.57. The van der Waals surface area contributed by atoms with E-state index in [-0.39, 0.29) is 24.5 Å². The normalized spacial score (nSPS) is 38.8. The number of Topliss-reactive ketones (excluding diaryl/α,β-unsaturated/α-hetero) is 1. The van der Waals surface area contributed by atoms with Crippen molar-refractivity contribution in [1.29, 1.82) is 0 Å². The van der Waals surface area contributed by atoms with E-state index in [4.69, 9.17) is 0 Å². The van der Waals surface area contributed by atoms with Gasteiger partial charge in [-0.05, 0) is 19.9 Å². The first-order chi connectivity index (χ1) is 7.61. The summed E-state index contributed by atoms with van der Waals surface area (Å²) in [5, 5.41) is 9.27. The first-order valence-corrected chi connectivity index (χ1v) is 5.56. The molecule has 2 fully saturated rings. The lowest BCUT2D eigenvalue weighted by atomic mass is 9.82. The van der Waals surface area contributed by atoms with E-state index < -0.39 is 17.8 Å². The molecule has 0 aromatic heterocycles. The third kappa shape index (κ3) is 1.46. The number of piperidine rings is 1. The van der Waals surface area contributed by atoms with Gasteiger partial charge in [-0.3, -0.25) is 14.5 Å². The zero-order valence-electron chi connectivity index (χ0n) is 9.55. The highest BCUT2D eigenvalue weighted by molar-refractivity contribution is 6.02. The van der Waals surface area contributed by atoms with E-state index in [0.717, 1.165) is 12.8 Å². The Bertz CT molecular complexity index is 317. The van der Waals surface area contributed by atoms with Crippen LogP contribution in [0.25, 0.3) is 0 Å². The second kappa shape index (κ2) is 4.14. The Morgan fingerprint density at radius 2 is 2.12 bits per heavy atom. The predicted octanol–water partition coefficient (Wildman–Crippen LogP) is -0.570. The Morgan fingerprint density at radius 3 is 2.69 bits per heavy atom. The molecule has 2 rings (SSSR count). The predicted molar refractivity (Wildman–Crippen MR) is 55.7 cm³/mol. The van der Waals surface area contributed by atoms with Gasteiger partial charge >= 0.3 is 5.97 Å². The van der Waals surface area contributed by atoms with Gasteiger partial charge in [-0.15, -0.1) is 0 Å². The van der Waals surface area contributed by atoms with Gasteiger partial charge in [0.05, 0.1) is 19.6 Å². The van der Waals surface area contributed by atoms with Crippen LogP contribution >= 0.6 is 0 Å². The lowest BCUT2D eigenvalue weighted by Crippen LogP contribution is -2.56. The summed E-state index contributed by atoms with van der Waals surface area (Å²) in [5.74, 6) is -1.78. The Hall–Kier alpha value is -0.940. The van der Waals surface area contributed by atoms with Crippen molar-refractivity contribution in [3.8, 4) is 0 Å². The maximum atomic E-state index is 12.1. The number of nitrogens with zero attached hydrogens (tertiary/aromatic N) is 1. The van der Waals surface area contributed by atoms with Crippen molar-refractivity contribution >= 4 is 11.8 Å². The summed E-state index contributed by atoms with van der Waals surface area (Å²) in [4.78, 5) is 25.7. The molecular weight excluding hydrogens is 210 g/mol. The number of fused-ring (bicyclic) bond motifs is 2. The molecule has 0 aromatic rings. The first kappa shape index (κ1) is 11.5. The van der Waals surface area contributed by atoms with Gasteiger partial charge in [0.25, 0.3) is 0 Å². The Morgan fingerprint density at radius 1 is 1.50 bits per heavy atom. The molecule has 1 N–H and O–H groups in total. The van der Waals surface area contributed by atoms with E-state index >= 15 is 0 Å². The zero-order chi connectivity index (χ0) is 11.9. The summed E-state index contributed by atoms with van der Waals surface area (Å²) in [5.41, 5.74) is 0. The highest BCUT2D eigenvalue weighted by Gasteiger charge is 2.53. The SMILES string of the molecule is COC(=O)[C@H]1C(=O)[C@@H](CO)[C@H]2CC[C@@H]1N2C. The van der Waals surface area contributed by atoms with Crippen LogP contribution in [-0.2, 0) is 14.3 Å². The lowest BCUT2D eigenvalue weighted by molar-refractivity contribution is -0.157. The average Bonchev–Trinajstić information content (AvgIpc) is 2.56. The summed E-state index contributed by atoms with van der Waals surface area (Å²) < 4.78 is 4.68. The number of methoxy groups -OCH3 is 1. The largest absolute Gasteiger partial charge is 0.468 e. The molecule has 4 atom stereocenters. The minimum atomic E-state index is -0.717. The van der Waals surface area contributed by atoms with Gasteiger partial charge in [0, 0.05) is 12.1 Å². The molecule has 0 spiro atoms. The van der Waals surface area contributed by atoms with E-state index in [1.54, 1.807) is 0 Å². The van der Waals surface area contributed by atoms with Crippen LogP contribution in [0.3, 0.4) is 0 Å². The fourth-order valence-electron chi connectivity index (χ4n) is 3.10. The van der Waals surface area contributed by atoms with Crippen LogP contribution < -0.4 is 0 Å². The van der Waals surface area contributed by atoms with E-state index in [1.807, 2.05) is 11.9 Å². The van der Waals surface area contributed by atoms with Crippen molar-refractivity contribution in [3.05, 3.63) is 0 Å². The topological polar surface area (TPSA) is 66.8 Å². The van der Waals surface area contributed by atoms with Crippen LogP contribution in [0.4, 0.5) is 0 Å². The fraction of sp³-hybridized carbons (Fsp3) is 0.818. The maximum Gasteiger partial charge on any atom is 0.317 e. The van der Waals surface area contributed by atoms with Gasteiger partial charge in [0.2, 0.25) is 0 Å². The van der Waals surface area contributed by atoms with Crippen molar-refractivity contribution in [2.45, 2.75) is 24.9 Å². The molecule has 2 aliphatic heterocycles. The van der Waals surface area contributed by atoms with E-state index in [1.165, 1.54) is 7.11 Å². The van der Waals surface area contributed by atoms with Crippen LogP contribution in [0.5, 0.6) is 0 Å². The van der Waals surface area contributed by atoms with Crippen LogP contribution in [0.2, 0.25) is 0 Å². The molecule has 0 unspecified atom stereocenters. The Labute approximate surface area is 94.4 Å². The van der Waals surface area contributed by atoms with Crippen LogP contribution in [0, 0.1) is 11.8 Å². The van der Waals surface area contributed by atoms with Crippen molar-refractivity contribution in [3.63, 3.8) is 0 Å². The number of rotatable bonds is 2. The smallest absolute Gasteiger partial charge is 0.317 e. The number of aliphatic hydroxyl groups is 1. The highest BCUT2D eigenvalue weighted by atomic mass is 16.5. The Balaban J connectivity index is 2.31. The maximum absolute atomic E-state index is 12.1. The van der Waals surface area contributed by atoms with Crippen molar-refractivity contribution in [2.75, 3.05) is 20.8 Å². The number of hydrogen-bond acceptors (Lipinski definition) is 5. The standard InChI is InChI=1S/C11H17NO4/c1-12-7-3-4-8(12)9(11(15)16-2)10(14)6(7)5-13/h6-9,13H,3-5H2,1-2H3/t6-,7+,8-,9+/m0/s1. The molecule has 0 saturated carbocycles. The molecule has 2 saturated heterocycles. The van der Waals surface area contributed by atoms with Gasteiger partial charge in [-0.2, -0.15) is 0 Å². The van der Waals surface area contributed by atoms with Crippen molar-refractivity contribution in [1.82, 2.24) is 4.90 Å². The molecule has 0 aliphatic carbocycles. The number of esters is 1. The summed E-state index contributed by atoms with van der Waals surface area (Å²) >= 11 is 0. The molecule has 90 valence electrons. The molecule has 5 nitrogen and oxygen atoms in total. The summed E-state index contributed by atoms with van der Waals surface area (Å²) in [7, 11) is 3.21. The van der Waals surface area contributed by atoms with E-state index in [9.17, 15) is 14.7 Å². The average molecular weight is 227 g/mol. The van der Waals surface area contributed by atoms with Gasteiger partial charge in [0.15, 0.2) is 5.78 Å². The third-order valence-electron chi connectivity index (χ3n) is 3.98. The van der Waals surface area contributed by atoms with Crippen LogP contribution in [0.15, 0.2) is 0 Å². The first-order valence-electron chi connectivity index (χ1n) is 5.56. The molecule has 0 radical (unpaired) electrons. The number of ether oxygens (including phenoxy) is 1. The quantitative estimate of drug-likeness (QED) is 0.505. The molecule has 2 heterocycles. The monoisotopic (exact) mass is 227 g/mol. The van der Waals surface area contributed by atoms with Gasteiger partial charge in [-0.25, -0.2) is 0 Å². The number of carbonyl (C=O) groups excluding carboxylic acids is 2. The van der Waals surface area contributed by atoms with E-state index in [0.29, 0.717) is 0 Å². The second-order valence-electron chi connectivity index (χ2n) is 4.57. The van der Waals surface area contributed by atoms with Crippen molar-refractivity contribution < 1.29 is 19.4 Å². The highest BCUT2D eigenvalue weighted by Crippen LogP contribution is 2.39. The molecule has 2 aliphatic rings. The van der Waals surface area contributed by atoms with Crippen LogP contribution in [-0.4, -0.2) is 54.6 Å². The lowest BCUT2D eigenvalue weighted by Gasteiger charge is -2.39. The minimum absolute atomic E-state index is 0.0484. The van der Waals surface area contributed by atoms with E-state index in [2.05, 4.69) is 4.74 Å². The molecular formula is C11H17NO4. The number of ketones is 1. The number of aliphatic hydroxyl groups excluding tert-OH is 1. The fourth-order valence-corrected chi connectivity index (χ4v) is 3.10. The number of hydrogen-bond donors (Lipinski definition) is 1. The molecule has 5 heteroatoms. The molecule has 0 aromatic carbocycles. The zero-order valence-corrected chi connectivity index (χ0v) is 9.55. The van der Waals surface area contributed by atoms with Crippen LogP contribution in [0.1, 0.15) is 12.8 Å². The van der Waals surface area contributed by atoms with Gasteiger partial charge < -0.3 is 9.84 Å². The third-order valence-corrected chi connectivity index (χ3v) is 3.98. The van der Waals surface area contributed by atoms with Gasteiger partial charge in [-0.1, -0.05) is 0 Å². The van der Waals surface area contributed by atoms with Crippen molar-refractivity contribution in [2.24, 2.45) is 11.8 Å².